The SMILES string of the molecule is CC(Oc1ccccc1)C(=O)N/N=C\c1cc(Br)ccc1O. The number of ether oxygens (including phenoxy) is 1. The maximum absolute atomic E-state index is 11.9. The lowest BCUT2D eigenvalue weighted by molar-refractivity contribution is -0.127. The van der Waals surface area contributed by atoms with Gasteiger partial charge < -0.3 is 9.84 Å². The molecule has 0 saturated heterocycles. The number of halogens is 1. The number of carbonyl (C=O) groups excluding carboxylic acids is 1. The first kappa shape index (κ1) is 16.0. The van der Waals surface area contributed by atoms with Crippen LogP contribution in [0.3, 0.4) is 0 Å². The van der Waals surface area contributed by atoms with Crippen molar-refractivity contribution < 1.29 is 14.6 Å². The van der Waals surface area contributed by atoms with Crippen molar-refractivity contribution in [3.8, 4) is 11.5 Å². The average Bonchev–Trinajstić information content (AvgIpc) is 2.51. The highest BCUT2D eigenvalue weighted by Crippen LogP contribution is 2.19. The van der Waals surface area contributed by atoms with E-state index in [0.717, 1.165) is 4.47 Å². The average molecular weight is 363 g/mol. The van der Waals surface area contributed by atoms with E-state index >= 15 is 0 Å². The number of nitrogens with zero attached hydrogens (tertiary/aromatic N) is 1. The second kappa shape index (κ2) is 7.61. The summed E-state index contributed by atoms with van der Waals surface area (Å²) in [5.41, 5.74) is 2.87. The van der Waals surface area contributed by atoms with Gasteiger partial charge in [-0.1, -0.05) is 34.1 Å². The number of benzene rings is 2. The summed E-state index contributed by atoms with van der Waals surface area (Å²) in [7, 11) is 0. The summed E-state index contributed by atoms with van der Waals surface area (Å²) in [5.74, 6) is 0.308. The van der Waals surface area contributed by atoms with E-state index in [2.05, 4.69) is 26.5 Å². The van der Waals surface area contributed by atoms with Gasteiger partial charge in [-0.25, -0.2) is 5.43 Å². The molecule has 0 aliphatic carbocycles. The van der Waals surface area contributed by atoms with Gasteiger partial charge in [0.15, 0.2) is 6.10 Å². The maximum Gasteiger partial charge on any atom is 0.280 e. The number of nitrogens with one attached hydrogen (secondary N) is 1. The lowest BCUT2D eigenvalue weighted by atomic mass is 10.2. The van der Waals surface area contributed by atoms with Gasteiger partial charge >= 0.3 is 0 Å². The molecule has 114 valence electrons. The van der Waals surface area contributed by atoms with Crippen molar-refractivity contribution in [2.45, 2.75) is 13.0 Å². The molecule has 0 saturated carbocycles. The normalized spacial score (nSPS) is 12.1. The second-order valence-corrected chi connectivity index (χ2v) is 5.43. The summed E-state index contributed by atoms with van der Waals surface area (Å²) >= 11 is 3.30. The molecule has 1 unspecified atom stereocenters. The van der Waals surface area contributed by atoms with Gasteiger partial charge in [0.2, 0.25) is 0 Å². The highest BCUT2D eigenvalue weighted by Gasteiger charge is 2.13. The van der Waals surface area contributed by atoms with E-state index < -0.39 is 6.10 Å². The summed E-state index contributed by atoms with van der Waals surface area (Å²) in [5, 5.41) is 13.5. The first-order valence-electron chi connectivity index (χ1n) is 6.59. The Kier molecular flexibility index (Phi) is 5.55. The standard InChI is InChI=1S/C16H15BrN2O3/c1-11(22-14-5-3-2-4-6-14)16(21)19-18-10-12-9-13(17)7-8-15(12)20/h2-11,20H,1H3,(H,19,21)/b18-10-. The molecule has 2 aromatic rings. The van der Waals surface area contributed by atoms with Crippen LogP contribution in [0.2, 0.25) is 0 Å². The van der Waals surface area contributed by atoms with Gasteiger partial charge in [-0.15, -0.1) is 0 Å². The predicted octanol–water partition coefficient (Wildman–Crippen LogP) is 3.07. The van der Waals surface area contributed by atoms with Crippen molar-refractivity contribution in [3.05, 3.63) is 58.6 Å². The number of phenols is 1. The van der Waals surface area contributed by atoms with Crippen LogP contribution in [0, 0.1) is 0 Å². The van der Waals surface area contributed by atoms with Gasteiger partial charge in [0, 0.05) is 10.0 Å². The number of aromatic hydroxyl groups is 1. The van der Waals surface area contributed by atoms with Crippen LogP contribution < -0.4 is 10.2 Å². The molecule has 0 aliphatic rings. The van der Waals surface area contributed by atoms with E-state index in [1.54, 1.807) is 31.2 Å². The van der Waals surface area contributed by atoms with Crippen LogP contribution in [0.1, 0.15) is 12.5 Å². The van der Waals surface area contributed by atoms with Gasteiger partial charge in [-0.05, 0) is 37.3 Å². The quantitative estimate of drug-likeness (QED) is 0.634. The van der Waals surface area contributed by atoms with Crippen LogP contribution in [-0.2, 0) is 4.79 Å². The smallest absolute Gasteiger partial charge is 0.280 e. The molecule has 0 aromatic heterocycles. The highest BCUT2D eigenvalue weighted by atomic mass is 79.9. The Morgan fingerprint density at radius 3 is 2.77 bits per heavy atom. The van der Waals surface area contributed by atoms with Crippen molar-refractivity contribution in [1.29, 1.82) is 0 Å². The molecule has 2 rings (SSSR count). The Balaban J connectivity index is 1.91. The molecule has 1 amide bonds. The highest BCUT2D eigenvalue weighted by molar-refractivity contribution is 9.10. The number of hydrogen-bond acceptors (Lipinski definition) is 4. The molecule has 2 aromatic carbocycles. The largest absolute Gasteiger partial charge is 0.507 e. The summed E-state index contributed by atoms with van der Waals surface area (Å²) in [4.78, 5) is 11.9. The van der Waals surface area contributed by atoms with Crippen LogP contribution >= 0.6 is 15.9 Å². The van der Waals surface area contributed by atoms with Crippen LogP contribution in [0.25, 0.3) is 0 Å². The Hall–Kier alpha value is -2.34. The molecule has 0 heterocycles. The zero-order valence-electron chi connectivity index (χ0n) is 11.9. The molecule has 6 heteroatoms. The Morgan fingerprint density at radius 1 is 1.32 bits per heavy atom. The number of para-hydroxylation sites is 1. The molecule has 22 heavy (non-hydrogen) atoms. The first-order valence-corrected chi connectivity index (χ1v) is 7.38. The van der Waals surface area contributed by atoms with E-state index in [0.29, 0.717) is 11.3 Å². The van der Waals surface area contributed by atoms with E-state index in [4.69, 9.17) is 4.74 Å². The minimum atomic E-state index is -0.685. The first-order chi connectivity index (χ1) is 10.6. The van der Waals surface area contributed by atoms with Crippen molar-refractivity contribution >= 4 is 28.1 Å². The number of hydrogen-bond donors (Lipinski definition) is 2. The number of hydrazone groups is 1. The fourth-order valence-electron chi connectivity index (χ4n) is 1.64. The second-order valence-electron chi connectivity index (χ2n) is 4.51. The molecule has 1 atom stereocenters. The van der Waals surface area contributed by atoms with Crippen LogP contribution in [0.15, 0.2) is 58.1 Å². The van der Waals surface area contributed by atoms with Crippen LogP contribution in [0.4, 0.5) is 0 Å². The van der Waals surface area contributed by atoms with Crippen molar-refractivity contribution in [1.82, 2.24) is 5.43 Å². The predicted molar refractivity (Wildman–Crippen MR) is 88.1 cm³/mol. The molecule has 0 fully saturated rings. The molecule has 0 aliphatic heterocycles. The van der Waals surface area contributed by atoms with Gasteiger partial charge in [-0.2, -0.15) is 5.10 Å². The Morgan fingerprint density at radius 2 is 2.05 bits per heavy atom. The summed E-state index contributed by atoms with van der Waals surface area (Å²) in [6.07, 6.45) is 0.684. The van der Waals surface area contributed by atoms with E-state index in [1.807, 2.05) is 18.2 Å². The summed E-state index contributed by atoms with van der Waals surface area (Å²) < 4.78 is 6.28. The minimum absolute atomic E-state index is 0.0785. The molecular formula is C16H15BrN2O3. The minimum Gasteiger partial charge on any atom is -0.507 e. The van der Waals surface area contributed by atoms with Gasteiger partial charge in [0.25, 0.3) is 5.91 Å². The monoisotopic (exact) mass is 362 g/mol. The maximum atomic E-state index is 11.9. The lowest BCUT2D eigenvalue weighted by Gasteiger charge is -2.12. The van der Waals surface area contributed by atoms with E-state index in [1.165, 1.54) is 12.3 Å². The van der Waals surface area contributed by atoms with Crippen molar-refractivity contribution in [2.24, 2.45) is 5.10 Å². The van der Waals surface area contributed by atoms with Crippen LogP contribution in [0.5, 0.6) is 11.5 Å². The molecule has 0 spiro atoms. The third-order valence-electron chi connectivity index (χ3n) is 2.79. The fourth-order valence-corrected chi connectivity index (χ4v) is 2.02. The topological polar surface area (TPSA) is 70.9 Å². The van der Waals surface area contributed by atoms with E-state index in [9.17, 15) is 9.90 Å². The molecule has 0 bridgehead atoms. The van der Waals surface area contributed by atoms with Crippen molar-refractivity contribution in [2.75, 3.05) is 0 Å². The van der Waals surface area contributed by atoms with Crippen molar-refractivity contribution in [3.63, 3.8) is 0 Å². The fraction of sp³-hybridized carbons (Fsp3) is 0.125. The Bertz CT molecular complexity index is 674. The third kappa shape index (κ3) is 4.60. The van der Waals surface area contributed by atoms with Gasteiger partial charge in [-0.3, -0.25) is 4.79 Å². The Labute approximate surface area is 136 Å². The third-order valence-corrected chi connectivity index (χ3v) is 3.29. The zero-order valence-corrected chi connectivity index (χ0v) is 13.4. The lowest BCUT2D eigenvalue weighted by Crippen LogP contribution is -2.33. The number of phenolic OH excluding ortho intramolecular Hbond substituents is 1. The summed E-state index contributed by atoms with van der Waals surface area (Å²) in [6.45, 7) is 1.63. The molecule has 5 nitrogen and oxygen atoms in total. The number of carbonyl (C=O) groups is 1. The van der Waals surface area contributed by atoms with E-state index in [-0.39, 0.29) is 11.7 Å². The van der Waals surface area contributed by atoms with Gasteiger partial charge in [0.1, 0.15) is 11.5 Å². The number of rotatable bonds is 5. The molecule has 0 radical (unpaired) electrons. The summed E-state index contributed by atoms with van der Waals surface area (Å²) in [6, 6.07) is 14.0. The molecule has 2 N–H and O–H groups in total. The van der Waals surface area contributed by atoms with Gasteiger partial charge in [0.05, 0.1) is 6.21 Å². The number of amides is 1. The molecular weight excluding hydrogens is 348 g/mol. The zero-order chi connectivity index (χ0) is 15.9. The van der Waals surface area contributed by atoms with Crippen LogP contribution in [-0.4, -0.2) is 23.3 Å².